The Morgan fingerprint density at radius 3 is 2.03 bits per heavy atom. The van der Waals surface area contributed by atoms with Gasteiger partial charge in [-0.1, -0.05) is 34.6 Å². The van der Waals surface area contributed by atoms with Gasteiger partial charge < -0.3 is 25.0 Å². The van der Waals surface area contributed by atoms with Gasteiger partial charge in [0.2, 0.25) is 11.8 Å². The minimum Gasteiger partial charge on any atom is -0.463 e. The van der Waals surface area contributed by atoms with E-state index in [0.717, 1.165) is 7.11 Å². The number of fused-ring (bicyclic) bond motifs is 1. The number of ketones is 1. The summed E-state index contributed by atoms with van der Waals surface area (Å²) in [5.41, 5.74) is -2.80. The van der Waals surface area contributed by atoms with Crippen LogP contribution in [-0.4, -0.2) is 71.4 Å². The van der Waals surface area contributed by atoms with E-state index in [4.69, 9.17) is 4.74 Å². The van der Waals surface area contributed by atoms with Gasteiger partial charge in [-0.15, -0.1) is 0 Å². The molecular formula is C25H39N3O7. The van der Waals surface area contributed by atoms with Gasteiger partial charge in [-0.25, -0.2) is 9.59 Å². The number of carbonyl (C=O) groups is 5. The average molecular weight is 494 g/mol. The van der Waals surface area contributed by atoms with E-state index in [1.807, 2.05) is 20.8 Å². The lowest BCUT2D eigenvalue weighted by molar-refractivity contribution is -0.154. The number of hydrogen-bond donors (Lipinski definition) is 2. The van der Waals surface area contributed by atoms with Crippen molar-refractivity contribution in [2.45, 2.75) is 91.5 Å². The van der Waals surface area contributed by atoms with Crippen molar-refractivity contribution in [1.82, 2.24) is 15.5 Å². The molecule has 35 heavy (non-hydrogen) atoms. The second-order valence-corrected chi connectivity index (χ2v) is 12.7. The monoisotopic (exact) mass is 493 g/mol. The molecule has 0 aromatic heterocycles. The van der Waals surface area contributed by atoms with Crippen LogP contribution in [0.3, 0.4) is 0 Å². The third-order valence-electron chi connectivity index (χ3n) is 7.45. The van der Waals surface area contributed by atoms with Gasteiger partial charge >= 0.3 is 12.1 Å². The van der Waals surface area contributed by atoms with Crippen LogP contribution in [0, 0.1) is 22.7 Å². The summed E-state index contributed by atoms with van der Waals surface area (Å²) >= 11 is 0. The molecule has 1 heterocycles. The highest BCUT2D eigenvalue weighted by atomic mass is 16.6. The maximum absolute atomic E-state index is 13.8. The molecule has 1 aliphatic heterocycles. The Labute approximate surface area is 206 Å². The van der Waals surface area contributed by atoms with Gasteiger partial charge in [0.05, 0.1) is 7.11 Å². The van der Waals surface area contributed by atoms with E-state index in [9.17, 15) is 24.0 Å². The van der Waals surface area contributed by atoms with Crippen molar-refractivity contribution in [3.05, 3.63) is 0 Å². The number of amides is 3. The minimum absolute atomic E-state index is 0.0855. The number of nitrogens with one attached hydrogen (secondary N) is 2. The van der Waals surface area contributed by atoms with Crippen LogP contribution in [0.2, 0.25) is 0 Å². The number of alkyl carbamates (subject to hydrolysis) is 1. The number of ether oxygens (including phenoxy) is 2. The summed E-state index contributed by atoms with van der Waals surface area (Å²) in [4.78, 5) is 65.6. The molecule has 4 atom stereocenters. The molecule has 0 bridgehead atoms. The minimum atomic E-state index is -1.27. The van der Waals surface area contributed by atoms with Gasteiger partial charge in [-0.2, -0.15) is 0 Å². The molecule has 2 N–H and O–H groups in total. The van der Waals surface area contributed by atoms with Crippen LogP contribution in [0.1, 0.15) is 68.2 Å². The summed E-state index contributed by atoms with van der Waals surface area (Å²) in [6.45, 7) is 15.2. The topological polar surface area (TPSA) is 131 Å². The summed E-state index contributed by atoms with van der Waals surface area (Å²) in [6, 6.07) is -1.74. The van der Waals surface area contributed by atoms with Crippen LogP contribution >= 0.6 is 0 Å². The molecule has 10 nitrogen and oxygen atoms in total. The van der Waals surface area contributed by atoms with Crippen molar-refractivity contribution in [2.75, 3.05) is 13.7 Å². The number of Topliss-reactive ketones (excluding diaryl/α,β-unsaturated/α-hetero) is 1. The number of esters is 1. The maximum Gasteiger partial charge on any atom is 0.408 e. The molecule has 0 spiro atoms. The summed E-state index contributed by atoms with van der Waals surface area (Å²) in [7, 11) is 1.12. The smallest absolute Gasteiger partial charge is 0.408 e. The molecule has 10 heteroatoms. The van der Waals surface area contributed by atoms with Crippen molar-refractivity contribution >= 4 is 29.7 Å². The fourth-order valence-electron chi connectivity index (χ4n) is 5.18. The van der Waals surface area contributed by atoms with Crippen LogP contribution < -0.4 is 10.6 Å². The van der Waals surface area contributed by atoms with Crippen molar-refractivity contribution in [2.24, 2.45) is 22.7 Å². The number of nitrogens with zero attached hydrogens (tertiary/aromatic N) is 1. The van der Waals surface area contributed by atoms with Crippen LogP contribution in [-0.2, 0) is 28.7 Å². The predicted octanol–water partition coefficient (Wildman–Crippen LogP) is 1.80. The van der Waals surface area contributed by atoms with E-state index in [2.05, 4.69) is 29.2 Å². The Hall–Kier alpha value is -2.65. The Morgan fingerprint density at radius 1 is 1.00 bits per heavy atom. The average Bonchev–Trinajstić information content (AvgIpc) is 3.52. The molecule has 3 rings (SSSR count). The van der Waals surface area contributed by atoms with Crippen molar-refractivity contribution in [3.8, 4) is 0 Å². The third kappa shape index (κ3) is 5.16. The molecule has 3 amide bonds. The standard InChI is InChI=1S/C25H39N3O7/c1-22(2,3)16(26-21(33)35-23(4,5)6)19(31)28-12-13-14(24(13,7)8)15(28)18(30)27-25(10-11-25)17(29)20(32)34-9/h13-16H,10-12H2,1-9H3,(H,26,33)(H,27,30). The fraction of sp³-hybridized carbons (Fsp3) is 0.800. The fourth-order valence-corrected chi connectivity index (χ4v) is 5.18. The number of methoxy groups -OCH3 is 1. The molecule has 3 fully saturated rings. The highest BCUT2D eigenvalue weighted by Gasteiger charge is 2.70. The summed E-state index contributed by atoms with van der Waals surface area (Å²) < 4.78 is 9.92. The van der Waals surface area contributed by atoms with E-state index in [0.29, 0.717) is 19.4 Å². The molecule has 0 radical (unpaired) electrons. The van der Waals surface area contributed by atoms with E-state index in [-0.39, 0.29) is 23.2 Å². The number of hydrogen-bond acceptors (Lipinski definition) is 7. The van der Waals surface area contributed by atoms with Crippen molar-refractivity contribution in [1.29, 1.82) is 0 Å². The molecule has 4 unspecified atom stereocenters. The number of rotatable bonds is 6. The SMILES string of the molecule is COC(=O)C(=O)C1(NC(=O)C2C3C(CN2C(=O)C(NC(=O)OC(C)(C)C)C(C)(C)C)C3(C)C)CC1. The van der Waals surface area contributed by atoms with Crippen LogP contribution in [0.4, 0.5) is 4.79 Å². The normalized spacial score (nSPS) is 26.7. The third-order valence-corrected chi connectivity index (χ3v) is 7.45. The van der Waals surface area contributed by atoms with Crippen molar-refractivity contribution < 1.29 is 33.4 Å². The Morgan fingerprint density at radius 2 is 1.57 bits per heavy atom. The van der Waals surface area contributed by atoms with Gasteiger partial charge in [-0.3, -0.25) is 14.4 Å². The number of carbonyl (C=O) groups excluding carboxylic acids is 5. The first-order chi connectivity index (χ1) is 15.9. The summed E-state index contributed by atoms with van der Waals surface area (Å²) in [5, 5.41) is 5.46. The van der Waals surface area contributed by atoms with E-state index in [1.165, 1.54) is 4.90 Å². The molecule has 3 aliphatic rings. The zero-order valence-corrected chi connectivity index (χ0v) is 22.2. The van der Waals surface area contributed by atoms with E-state index in [1.54, 1.807) is 20.8 Å². The van der Waals surface area contributed by atoms with Gasteiger partial charge in [0.1, 0.15) is 23.2 Å². The Balaban J connectivity index is 1.83. The Kier molecular flexibility index (Phi) is 6.53. The van der Waals surface area contributed by atoms with Crippen LogP contribution in [0.15, 0.2) is 0 Å². The second-order valence-electron chi connectivity index (χ2n) is 12.7. The highest BCUT2D eigenvalue weighted by molar-refractivity contribution is 6.38. The van der Waals surface area contributed by atoms with Gasteiger partial charge in [0.25, 0.3) is 5.78 Å². The quantitative estimate of drug-likeness (QED) is 0.426. The molecule has 0 aromatic carbocycles. The largest absolute Gasteiger partial charge is 0.463 e. The molecule has 2 aliphatic carbocycles. The first-order valence-corrected chi connectivity index (χ1v) is 12.1. The van der Waals surface area contributed by atoms with E-state index >= 15 is 0 Å². The molecule has 2 saturated carbocycles. The first-order valence-electron chi connectivity index (χ1n) is 12.1. The predicted molar refractivity (Wildman–Crippen MR) is 126 cm³/mol. The molecule has 196 valence electrons. The maximum atomic E-state index is 13.8. The van der Waals surface area contributed by atoms with Crippen LogP contribution in [0.5, 0.6) is 0 Å². The summed E-state index contributed by atoms with van der Waals surface area (Å²) in [6.07, 6.45) is -0.0252. The summed E-state index contributed by atoms with van der Waals surface area (Å²) in [5.74, 6) is -2.59. The molecular weight excluding hydrogens is 454 g/mol. The van der Waals surface area contributed by atoms with Gasteiger partial charge in [-0.05, 0) is 56.3 Å². The van der Waals surface area contributed by atoms with Crippen LogP contribution in [0.25, 0.3) is 0 Å². The van der Waals surface area contributed by atoms with E-state index < -0.39 is 52.4 Å². The molecule has 1 saturated heterocycles. The zero-order chi connectivity index (χ0) is 26.7. The van der Waals surface area contributed by atoms with Gasteiger partial charge in [0.15, 0.2) is 0 Å². The lowest BCUT2D eigenvalue weighted by Gasteiger charge is -2.38. The van der Waals surface area contributed by atoms with Crippen molar-refractivity contribution in [3.63, 3.8) is 0 Å². The van der Waals surface area contributed by atoms with Gasteiger partial charge in [0, 0.05) is 6.54 Å². The number of likely N-dealkylation sites (tertiary alicyclic amines) is 1. The lowest BCUT2D eigenvalue weighted by atomic mass is 9.85. The Bertz CT molecular complexity index is 940. The lowest BCUT2D eigenvalue weighted by Crippen LogP contribution is -2.61. The first kappa shape index (κ1) is 26.9. The molecule has 0 aromatic rings. The zero-order valence-electron chi connectivity index (χ0n) is 22.2. The number of piperidine rings is 1. The highest BCUT2D eigenvalue weighted by Crippen LogP contribution is 2.65. The second kappa shape index (κ2) is 8.48.